The Hall–Kier alpha value is -0.790. The first kappa shape index (κ1) is 11.7. The van der Waals surface area contributed by atoms with Gasteiger partial charge in [0.2, 0.25) is 0 Å². The Morgan fingerprint density at radius 3 is 2.75 bits per heavy atom. The van der Waals surface area contributed by atoms with Crippen molar-refractivity contribution in [3.63, 3.8) is 0 Å². The molecule has 0 radical (unpaired) electrons. The van der Waals surface area contributed by atoms with Gasteiger partial charge >= 0.3 is 0 Å². The van der Waals surface area contributed by atoms with Crippen LogP contribution < -0.4 is 0 Å². The summed E-state index contributed by atoms with van der Waals surface area (Å²) in [6.45, 7) is 6.58. The smallest absolute Gasteiger partial charge is 0.162 e. The van der Waals surface area contributed by atoms with Crippen molar-refractivity contribution in [3.8, 4) is 0 Å². The third-order valence-electron chi connectivity index (χ3n) is 3.86. The van der Waals surface area contributed by atoms with Crippen LogP contribution in [0, 0.1) is 11.8 Å². The second kappa shape index (κ2) is 4.60. The maximum Gasteiger partial charge on any atom is 0.162 e. The molecule has 0 spiro atoms. The number of carbonyl (C=O) groups is 1. The maximum absolute atomic E-state index is 11.9. The van der Waals surface area contributed by atoms with Crippen LogP contribution in [0.1, 0.15) is 52.9 Å². The van der Waals surface area contributed by atoms with Crippen LogP contribution in [-0.4, -0.2) is 11.9 Å². The van der Waals surface area contributed by atoms with Gasteiger partial charge in [0.05, 0.1) is 0 Å². The Balaban J connectivity index is 2.27. The van der Waals surface area contributed by atoms with Crippen molar-refractivity contribution in [2.75, 3.05) is 0 Å². The molecule has 1 aliphatic carbocycles. The molecule has 1 unspecified atom stereocenters. The van der Waals surface area contributed by atoms with Crippen molar-refractivity contribution in [2.24, 2.45) is 11.8 Å². The number of hydrogen-bond acceptors (Lipinski definition) is 2. The molecule has 90 valence electrons. The topological polar surface area (TPSA) is 26.3 Å². The molecule has 0 bridgehead atoms. The number of ether oxygens (including phenoxy) is 1. The Morgan fingerprint density at radius 1 is 1.38 bits per heavy atom. The second-order valence-corrected chi connectivity index (χ2v) is 5.35. The van der Waals surface area contributed by atoms with Gasteiger partial charge < -0.3 is 4.74 Å². The molecule has 0 aromatic carbocycles. The molecule has 0 amide bonds. The summed E-state index contributed by atoms with van der Waals surface area (Å²) in [6.07, 6.45) is 5.08. The van der Waals surface area contributed by atoms with Crippen LogP contribution in [0.3, 0.4) is 0 Å². The van der Waals surface area contributed by atoms with E-state index < -0.39 is 0 Å². The van der Waals surface area contributed by atoms with E-state index in [-0.39, 0.29) is 0 Å². The van der Waals surface area contributed by atoms with Crippen LogP contribution in [0.5, 0.6) is 0 Å². The van der Waals surface area contributed by atoms with E-state index in [9.17, 15) is 4.79 Å². The number of rotatable bonds is 2. The standard InChI is InChI=1S/C14H22O2/c1-4-10-8-13(9(2)3)16-12-7-5-6-11(15)14(10)12/h9-10,13H,4-8H2,1-3H3/t10-,13?/m1/s1. The van der Waals surface area contributed by atoms with E-state index in [4.69, 9.17) is 4.74 Å². The van der Waals surface area contributed by atoms with Crippen LogP contribution in [-0.2, 0) is 9.53 Å². The molecule has 2 atom stereocenters. The Labute approximate surface area is 98.1 Å². The van der Waals surface area contributed by atoms with Crippen LogP contribution in [0.4, 0.5) is 0 Å². The molecule has 0 saturated heterocycles. The predicted octanol–water partition coefficient (Wildman–Crippen LogP) is 3.46. The first-order valence-electron chi connectivity index (χ1n) is 6.56. The summed E-state index contributed by atoms with van der Waals surface area (Å²) in [5, 5.41) is 0. The minimum atomic E-state index is 0.314. The molecule has 0 aromatic rings. The van der Waals surface area contributed by atoms with Crippen molar-refractivity contribution in [1.82, 2.24) is 0 Å². The van der Waals surface area contributed by atoms with E-state index in [1.807, 2.05) is 0 Å². The molecule has 0 fully saturated rings. The van der Waals surface area contributed by atoms with E-state index in [1.54, 1.807) is 0 Å². The number of ketones is 1. The monoisotopic (exact) mass is 222 g/mol. The molecule has 0 aromatic heterocycles. The first-order valence-corrected chi connectivity index (χ1v) is 6.56. The SMILES string of the molecule is CC[C@@H]1CC(C(C)C)OC2=C1C(=O)CCC2. The summed E-state index contributed by atoms with van der Waals surface area (Å²) in [5.41, 5.74) is 1.03. The molecule has 2 rings (SSSR count). The van der Waals surface area contributed by atoms with E-state index in [0.29, 0.717) is 23.7 Å². The fraction of sp³-hybridized carbons (Fsp3) is 0.786. The lowest BCUT2D eigenvalue weighted by atomic mass is 9.79. The Kier molecular flexibility index (Phi) is 3.36. The lowest BCUT2D eigenvalue weighted by molar-refractivity contribution is -0.118. The minimum absolute atomic E-state index is 0.314. The fourth-order valence-electron chi connectivity index (χ4n) is 2.82. The highest BCUT2D eigenvalue weighted by molar-refractivity contribution is 5.97. The zero-order valence-electron chi connectivity index (χ0n) is 10.6. The van der Waals surface area contributed by atoms with Crippen molar-refractivity contribution < 1.29 is 9.53 Å². The highest BCUT2D eigenvalue weighted by Gasteiger charge is 2.35. The molecular formula is C14H22O2. The third-order valence-corrected chi connectivity index (χ3v) is 3.86. The minimum Gasteiger partial charge on any atom is -0.494 e. The molecule has 1 aliphatic heterocycles. The largest absolute Gasteiger partial charge is 0.494 e. The quantitative estimate of drug-likeness (QED) is 0.715. The van der Waals surface area contributed by atoms with E-state index in [2.05, 4.69) is 20.8 Å². The van der Waals surface area contributed by atoms with Gasteiger partial charge in [0.15, 0.2) is 5.78 Å². The molecule has 2 aliphatic rings. The van der Waals surface area contributed by atoms with Crippen LogP contribution >= 0.6 is 0 Å². The summed E-state index contributed by atoms with van der Waals surface area (Å²) in [6, 6.07) is 0. The van der Waals surface area contributed by atoms with E-state index in [0.717, 1.165) is 43.4 Å². The average Bonchev–Trinajstić information content (AvgIpc) is 2.27. The van der Waals surface area contributed by atoms with E-state index >= 15 is 0 Å². The van der Waals surface area contributed by atoms with Gasteiger partial charge in [0, 0.05) is 18.4 Å². The maximum atomic E-state index is 11.9. The summed E-state index contributed by atoms with van der Waals surface area (Å²) >= 11 is 0. The number of Topliss-reactive ketones (excluding diaryl/α,β-unsaturated/α-hetero) is 1. The van der Waals surface area contributed by atoms with Crippen LogP contribution in [0.15, 0.2) is 11.3 Å². The lowest BCUT2D eigenvalue weighted by Gasteiger charge is -2.37. The molecule has 1 heterocycles. The normalized spacial score (nSPS) is 30.4. The molecule has 0 saturated carbocycles. The number of hydrogen-bond donors (Lipinski definition) is 0. The summed E-state index contributed by atoms with van der Waals surface area (Å²) in [5.74, 6) is 2.35. The van der Waals surface area contributed by atoms with Gasteiger partial charge in [-0.1, -0.05) is 20.8 Å². The van der Waals surface area contributed by atoms with Gasteiger partial charge in [-0.05, 0) is 31.1 Å². The summed E-state index contributed by atoms with van der Waals surface area (Å²) in [7, 11) is 0. The van der Waals surface area contributed by atoms with Crippen molar-refractivity contribution in [1.29, 1.82) is 0 Å². The highest BCUT2D eigenvalue weighted by atomic mass is 16.5. The van der Waals surface area contributed by atoms with Gasteiger partial charge in [-0.25, -0.2) is 0 Å². The predicted molar refractivity (Wildman–Crippen MR) is 64.0 cm³/mol. The molecule has 16 heavy (non-hydrogen) atoms. The van der Waals surface area contributed by atoms with Crippen molar-refractivity contribution in [3.05, 3.63) is 11.3 Å². The van der Waals surface area contributed by atoms with E-state index in [1.165, 1.54) is 0 Å². The second-order valence-electron chi connectivity index (χ2n) is 5.35. The molecular weight excluding hydrogens is 200 g/mol. The van der Waals surface area contributed by atoms with Crippen molar-refractivity contribution >= 4 is 5.78 Å². The van der Waals surface area contributed by atoms with Gasteiger partial charge in [0.25, 0.3) is 0 Å². The molecule has 2 heteroatoms. The lowest BCUT2D eigenvalue weighted by Crippen LogP contribution is -2.33. The van der Waals surface area contributed by atoms with Gasteiger partial charge in [-0.2, -0.15) is 0 Å². The van der Waals surface area contributed by atoms with Crippen molar-refractivity contribution in [2.45, 2.75) is 59.0 Å². The van der Waals surface area contributed by atoms with Crippen LogP contribution in [0.2, 0.25) is 0 Å². The van der Waals surface area contributed by atoms with Gasteiger partial charge in [-0.15, -0.1) is 0 Å². The average molecular weight is 222 g/mol. The number of allylic oxidation sites excluding steroid dienone is 2. The number of carbonyl (C=O) groups excluding carboxylic acids is 1. The molecule has 0 N–H and O–H groups in total. The highest BCUT2D eigenvalue weighted by Crippen LogP contribution is 2.39. The molecule has 2 nitrogen and oxygen atoms in total. The first-order chi connectivity index (χ1) is 7.63. The summed E-state index contributed by atoms with van der Waals surface area (Å²) < 4.78 is 6.01. The Bertz CT molecular complexity index is 315. The van der Waals surface area contributed by atoms with Gasteiger partial charge in [-0.3, -0.25) is 4.79 Å². The fourth-order valence-corrected chi connectivity index (χ4v) is 2.82. The van der Waals surface area contributed by atoms with Crippen LogP contribution in [0.25, 0.3) is 0 Å². The zero-order chi connectivity index (χ0) is 11.7. The Morgan fingerprint density at radius 2 is 2.12 bits per heavy atom. The zero-order valence-corrected chi connectivity index (χ0v) is 10.6. The van der Waals surface area contributed by atoms with Gasteiger partial charge in [0.1, 0.15) is 11.9 Å². The third kappa shape index (κ3) is 2.02. The summed E-state index contributed by atoms with van der Waals surface area (Å²) in [4.78, 5) is 11.9.